The number of carbonyl (C=O) groups is 1. The predicted molar refractivity (Wildman–Crippen MR) is 115 cm³/mol. The van der Waals surface area contributed by atoms with Crippen LogP contribution in [-0.2, 0) is 23.7 Å². The molecule has 1 amide bonds. The summed E-state index contributed by atoms with van der Waals surface area (Å²) >= 11 is 1.62. The SMILES string of the molecule is COCOCC[C@@](COCOC)(SC)[C@@H](NC(=O)OC(C)(C)C)c1ccccc1. The molecule has 0 radical (unpaired) electrons. The molecule has 0 fully saturated rings. The van der Waals surface area contributed by atoms with Gasteiger partial charge in [0.15, 0.2) is 0 Å². The van der Waals surface area contributed by atoms with Gasteiger partial charge in [-0.2, -0.15) is 11.8 Å². The van der Waals surface area contributed by atoms with Crippen LogP contribution in [0.4, 0.5) is 4.79 Å². The molecule has 0 aliphatic rings. The van der Waals surface area contributed by atoms with Crippen molar-refractivity contribution in [3.05, 3.63) is 35.9 Å². The second-order valence-corrected chi connectivity index (χ2v) is 8.80. The predicted octanol–water partition coefficient (Wildman–Crippen LogP) is 3.99. The zero-order chi connectivity index (χ0) is 21.8. The van der Waals surface area contributed by atoms with E-state index in [1.54, 1.807) is 26.0 Å². The number of nitrogens with one attached hydrogen (secondary N) is 1. The van der Waals surface area contributed by atoms with Crippen molar-refractivity contribution in [1.29, 1.82) is 0 Å². The summed E-state index contributed by atoms with van der Waals surface area (Å²) in [5, 5.41) is 3.06. The van der Waals surface area contributed by atoms with E-state index in [0.717, 1.165) is 5.56 Å². The van der Waals surface area contributed by atoms with E-state index in [0.29, 0.717) is 19.6 Å². The minimum atomic E-state index is -0.596. The molecule has 0 spiro atoms. The van der Waals surface area contributed by atoms with Crippen LogP contribution in [0, 0.1) is 0 Å². The van der Waals surface area contributed by atoms with E-state index in [1.165, 1.54) is 0 Å². The van der Waals surface area contributed by atoms with E-state index in [-0.39, 0.29) is 19.6 Å². The number of benzene rings is 1. The lowest BCUT2D eigenvalue weighted by atomic mass is 9.90. The third-order valence-electron chi connectivity index (χ3n) is 4.14. The van der Waals surface area contributed by atoms with E-state index in [9.17, 15) is 4.79 Å². The smallest absolute Gasteiger partial charge is 0.408 e. The summed E-state index contributed by atoms with van der Waals surface area (Å²) in [6.45, 7) is 6.69. The lowest BCUT2D eigenvalue weighted by Gasteiger charge is -2.40. The normalized spacial score (nSPS) is 14.8. The van der Waals surface area contributed by atoms with Gasteiger partial charge in [-0.25, -0.2) is 4.79 Å². The summed E-state index contributed by atoms with van der Waals surface area (Å²) in [6.07, 6.45) is 2.14. The highest BCUT2D eigenvalue weighted by Crippen LogP contribution is 2.40. The van der Waals surface area contributed by atoms with Gasteiger partial charge in [-0.05, 0) is 39.0 Å². The summed E-state index contributed by atoms with van der Waals surface area (Å²) in [5.41, 5.74) is 0.363. The summed E-state index contributed by atoms with van der Waals surface area (Å²) in [7, 11) is 3.16. The van der Waals surface area contributed by atoms with Gasteiger partial charge in [0.05, 0.1) is 24.0 Å². The second-order valence-electron chi connectivity index (χ2n) is 7.58. The Balaban J connectivity index is 3.19. The van der Waals surface area contributed by atoms with Crippen LogP contribution in [-0.4, -0.2) is 63.7 Å². The molecular weight excluding hydrogens is 394 g/mol. The molecule has 0 heterocycles. The van der Waals surface area contributed by atoms with E-state index >= 15 is 0 Å². The summed E-state index contributed by atoms with van der Waals surface area (Å²) in [5.74, 6) is 0. The molecule has 1 aromatic rings. The zero-order valence-electron chi connectivity index (χ0n) is 18.4. The van der Waals surface area contributed by atoms with Crippen LogP contribution in [0.25, 0.3) is 0 Å². The van der Waals surface area contributed by atoms with Gasteiger partial charge >= 0.3 is 6.09 Å². The van der Waals surface area contributed by atoms with E-state index in [4.69, 9.17) is 23.7 Å². The number of hydrogen-bond acceptors (Lipinski definition) is 7. The van der Waals surface area contributed by atoms with E-state index in [1.807, 2.05) is 57.4 Å². The Morgan fingerprint density at radius 2 is 1.69 bits per heavy atom. The lowest BCUT2D eigenvalue weighted by Crippen LogP contribution is -2.49. The molecule has 2 atom stereocenters. The third kappa shape index (κ3) is 9.35. The molecule has 1 N–H and O–H groups in total. The summed E-state index contributed by atoms with van der Waals surface area (Å²) in [6, 6.07) is 9.44. The fourth-order valence-corrected chi connectivity index (χ4v) is 3.77. The number of thioether (sulfide) groups is 1. The van der Waals surface area contributed by atoms with Crippen molar-refractivity contribution >= 4 is 17.9 Å². The Kier molecular flexibility index (Phi) is 11.6. The molecule has 166 valence electrons. The summed E-state index contributed by atoms with van der Waals surface area (Å²) in [4.78, 5) is 12.7. The van der Waals surface area contributed by atoms with Crippen molar-refractivity contribution < 1.29 is 28.5 Å². The lowest BCUT2D eigenvalue weighted by molar-refractivity contribution is -0.0561. The fourth-order valence-electron chi connectivity index (χ4n) is 2.85. The average molecular weight is 430 g/mol. The van der Waals surface area contributed by atoms with Gasteiger partial charge in [0, 0.05) is 14.2 Å². The zero-order valence-corrected chi connectivity index (χ0v) is 19.2. The number of methoxy groups -OCH3 is 2. The quantitative estimate of drug-likeness (QED) is 0.375. The molecule has 0 unspecified atom stereocenters. The first-order chi connectivity index (χ1) is 13.8. The molecule has 8 heteroatoms. The first-order valence-corrected chi connectivity index (χ1v) is 10.7. The number of alkyl carbamates (subject to hydrolysis) is 1. The number of carbonyl (C=O) groups excluding carboxylic acids is 1. The van der Waals surface area contributed by atoms with Crippen LogP contribution in [0.15, 0.2) is 30.3 Å². The molecule has 0 aromatic heterocycles. The Hall–Kier alpha value is -1.32. The van der Waals surface area contributed by atoms with Crippen molar-refractivity contribution in [2.75, 3.05) is 47.3 Å². The molecule has 29 heavy (non-hydrogen) atoms. The molecule has 0 saturated heterocycles. The Morgan fingerprint density at radius 1 is 1.07 bits per heavy atom. The Labute approximate surface area is 178 Å². The maximum Gasteiger partial charge on any atom is 0.408 e. The van der Waals surface area contributed by atoms with Gasteiger partial charge in [0.1, 0.15) is 19.2 Å². The van der Waals surface area contributed by atoms with Crippen LogP contribution in [0.5, 0.6) is 0 Å². The molecule has 7 nitrogen and oxygen atoms in total. The van der Waals surface area contributed by atoms with Crippen molar-refractivity contribution in [1.82, 2.24) is 5.32 Å². The topological polar surface area (TPSA) is 75.3 Å². The average Bonchev–Trinajstić information content (AvgIpc) is 2.68. The Morgan fingerprint density at radius 3 is 2.24 bits per heavy atom. The largest absolute Gasteiger partial charge is 0.444 e. The van der Waals surface area contributed by atoms with E-state index < -0.39 is 16.4 Å². The van der Waals surface area contributed by atoms with Crippen LogP contribution in [0.3, 0.4) is 0 Å². The molecule has 1 aromatic carbocycles. The molecular formula is C21H35NO6S. The van der Waals surface area contributed by atoms with Crippen molar-refractivity contribution in [3.8, 4) is 0 Å². The third-order valence-corrected chi connectivity index (χ3v) is 5.52. The minimum absolute atomic E-state index is 0.162. The van der Waals surface area contributed by atoms with Crippen molar-refractivity contribution in [2.45, 2.75) is 43.6 Å². The maximum atomic E-state index is 12.7. The van der Waals surface area contributed by atoms with Crippen LogP contribution < -0.4 is 5.32 Å². The number of hydrogen-bond donors (Lipinski definition) is 1. The highest BCUT2D eigenvalue weighted by molar-refractivity contribution is 8.00. The first kappa shape index (κ1) is 25.7. The molecule has 1 rings (SSSR count). The molecule has 0 bridgehead atoms. The summed E-state index contributed by atoms with van der Waals surface area (Å²) < 4.78 is 26.4. The second kappa shape index (κ2) is 13.1. The molecule has 0 aliphatic carbocycles. The number of rotatable bonds is 13. The van der Waals surface area contributed by atoms with Gasteiger partial charge in [-0.15, -0.1) is 0 Å². The number of amides is 1. The highest BCUT2D eigenvalue weighted by Gasteiger charge is 2.41. The van der Waals surface area contributed by atoms with Gasteiger partial charge in [-0.3, -0.25) is 0 Å². The van der Waals surface area contributed by atoms with Crippen molar-refractivity contribution in [3.63, 3.8) is 0 Å². The Bertz CT molecular complexity index is 580. The highest BCUT2D eigenvalue weighted by atomic mass is 32.2. The van der Waals surface area contributed by atoms with Gasteiger partial charge in [-0.1, -0.05) is 30.3 Å². The minimum Gasteiger partial charge on any atom is -0.444 e. The maximum absolute atomic E-state index is 12.7. The van der Waals surface area contributed by atoms with Gasteiger partial charge < -0.3 is 29.0 Å². The number of ether oxygens (including phenoxy) is 5. The molecule has 0 saturated carbocycles. The van der Waals surface area contributed by atoms with Crippen LogP contribution in [0.2, 0.25) is 0 Å². The first-order valence-electron chi connectivity index (χ1n) is 9.51. The fraction of sp³-hybridized carbons (Fsp3) is 0.667. The van der Waals surface area contributed by atoms with Crippen molar-refractivity contribution in [2.24, 2.45) is 0 Å². The van der Waals surface area contributed by atoms with Crippen LogP contribution in [0.1, 0.15) is 38.8 Å². The van der Waals surface area contributed by atoms with Gasteiger partial charge in [0.2, 0.25) is 0 Å². The standard InChI is InChI=1S/C21H35NO6S/c1-20(2,3)28-19(23)22-18(17-10-8-7-9-11-17)21(29-6,14-27-16-25-5)12-13-26-15-24-4/h7-11,18H,12-16H2,1-6H3,(H,22,23)/t18-,21-/m0/s1. The van der Waals surface area contributed by atoms with Crippen LogP contribution >= 0.6 is 11.8 Å². The van der Waals surface area contributed by atoms with E-state index in [2.05, 4.69) is 5.32 Å². The van der Waals surface area contributed by atoms with Gasteiger partial charge in [0.25, 0.3) is 0 Å². The monoisotopic (exact) mass is 429 g/mol. The molecule has 0 aliphatic heterocycles.